The molecule has 0 N–H and O–H groups in total. The first-order valence-electron chi connectivity index (χ1n) is 5.75. The Hall–Kier alpha value is -1.58. The van der Waals surface area contributed by atoms with Crippen molar-refractivity contribution in [3.8, 4) is 5.75 Å². The van der Waals surface area contributed by atoms with Gasteiger partial charge < -0.3 is 9.64 Å². The maximum Gasteiger partial charge on any atom is 0.260 e. The van der Waals surface area contributed by atoms with Crippen molar-refractivity contribution in [1.82, 2.24) is 4.90 Å². The van der Waals surface area contributed by atoms with E-state index in [4.69, 9.17) is 4.74 Å². The van der Waals surface area contributed by atoms with Crippen LogP contribution in [0.15, 0.2) is 18.2 Å². The lowest BCUT2D eigenvalue weighted by molar-refractivity contribution is -0.132. The number of ether oxygens (including phenoxy) is 1. The van der Waals surface area contributed by atoms with Crippen molar-refractivity contribution in [3.63, 3.8) is 0 Å². The molecule has 0 aromatic heterocycles. The summed E-state index contributed by atoms with van der Waals surface area (Å²) in [6.07, 6.45) is 0. The lowest BCUT2D eigenvalue weighted by atomic mass is 10.2. The number of hydrogen-bond acceptors (Lipinski definition) is 2. The molecule has 94 valence electrons. The molecule has 0 aliphatic heterocycles. The predicted molar refractivity (Wildman–Crippen MR) is 64.6 cm³/mol. The van der Waals surface area contributed by atoms with Gasteiger partial charge in [-0.3, -0.25) is 4.79 Å². The highest BCUT2D eigenvalue weighted by Gasteiger charge is 2.10. The second-order valence-corrected chi connectivity index (χ2v) is 3.76. The fourth-order valence-corrected chi connectivity index (χ4v) is 1.58. The molecule has 1 rings (SSSR count). The van der Waals surface area contributed by atoms with Crippen LogP contribution in [-0.2, 0) is 4.79 Å². The number of rotatable bonds is 5. The summed E-state index contributed by atoms with van der Waals surface area (Å²) >= 11 is 0. The average Bonchev–Trinajstić information content (AvgIpc) is 2.29. The van der Waals surface area contributed by atoms with Crippen molar-refractivity contribution >= 4 is 5.91 Å². The number of likely N-dealkylation sites (N-methyl/N-ethyl adjacent to an activating group) is 1. The van der Waals surface area contributed by atoms with Crippen LogP contribution in [0.2, 0.25) is 0 Å². The molecule has 0 unspecified atom stereocenters. The van der Waals surface area contributed by atoms with Gasteiger partial charge in [-0.2, -0.15) is 0 Å². The molecule has 0 saturated carbocycles. The lowest BCUT2D eigenvalue weighted by Crippen LogP contribution is -2.34. The van der Waals surface area contributed by atoms with E-state index < -0.39 is 0 Å². The van der Waals surface area contributed by atoms with Crippen LogP contribution in [0.4, 0.5) is 4.39 Å². The van der Waals surface area contributed by atoms with E-state index in [-0.39, 0.29) is 18.3 Å². The van der Waals surface area contributed by atoms with Crippen molar-refractivity contribution in [3.05, 3.63) is 29.6 Å². The third-order valence-electron chi connectivity index (χ3n) is 2.60. The van der Waals surface area contributed by atoms with Crippen LogP contribution < -0.4 is 4.74 Å². The van der Waals surface area contributed by atoms with E-state index in [0.717, 1.165) is 0 Å². The zero-order chi connectivity index (χ0) is 12.8. The van der Waals surface area contributed by atoms with E-state index in [9.17, 15) is 9.18 Å². The quantitative estimate of drug-likeness (QED) is 0.789. The molecule has 0 fully saturated rings. The van der Waals surface area contributed by atoms with Gasteiger partial charge in [0.15, 0.2) is 6.61 Å². The van der Waals surface area contributed by atoms with Gasteiger partial charge in [0.1, 0.15) is 11.6 Å². The molecule has 0 aliphatic rings. The Morgan fingerprint density at radius 3 is 2.53 bits per heavy atom. The van der Waals surface area contributed by atoms with Gasteiger partial charge in [-0.05, 0) is 44.5 Å². The Labute approximate surface area is 101 Å². The largest absolute Gasteiger partial charge is 0.483 e. The number of carbonyl (C=O) groups is 1. The minimum atomic E-state index is -0.301. The van der Waals surface area contributed by atoms with Crippen molar-refractivity contribution in [2.24, 2.45) is 0 Å². The molecule has 4 heteroatoms. The van der Waals surface area contributed by atoms with Crippen LogP contribution >= 0.6 is 0 Å². The molecule has 0 saturated heterocycles. The summed E-state index contributed by atoms with van der Waals surface area (Å²) in [6, 6.07) is 4.25. The molecule has 0 atom stereocenters. The SMILES string of the molecule is CCN(CC)C(=O)COc1ccc(F)cc1C. The van der Waals surface area contributed by atoms with E-state index in [2.05, 4.69) is 0 Å². The maximum atomic E-state index is 12.9. The van der Waals surface area contributed by atoms with Gasteiger partial charge >= 0.3 is 0 Å². The topological polar surface area (TPSA) is 29.5 Å². The first-order chi connectivity index (χ1) is 8.08. The maximum absolute atomic E-state index is 12.9. The Morgan fingerprint density at radius 2 is 2.00 bits per heavy atom. The second kappa shape index (κ2) is 6.23. The van der Waals surface area contributed by atoms with Gasteiger partial charge in [-0.25, -0.2) is 4.39 Å². The summed E-state index contributed by atoms with van der Waals surface area (Å²) < 4.78 is 18.2. The van der Waals surface area contributed by atoms with Crippen LogP contribution in [-0.4, -0.2) is 30.5 Å². The summed E-state index contributed by atoms with van der Waals surface area (Å²) in [5.74, 6) is 0.190. The minimum Gasteiger partial charge on any atom is -0.483 e. The fraction of sp³-hybridized carbons (Fsp3) is 0.462. The molecule has 0 aliphatic carbocycles. The number of amides is 1. The third kappa shape index (κ3) is 3.73. The summed E-state index contributed by atoms with van der Waals surface area (Å²) in [4.78, 5) is 13.4. The van der Waals surface area contributed by atoms with E-state index in [1.54, 1.807) is 17.9 Å². The molecule has 17 heavy (non-hydrogen) atoms. The van der Waals surface area contributed by atoms with Crippen LogP contribution in [0.3, 0.4) is 0 Å². The molecular weight excluding hydrogens is 221 g/mol. The summed E-state index contributed by atoms with van der Waals surface area (Å²) in [5.41, 5.74) is 0.692. The van der Waals surface area contributed by atoms with Gasteiger partial charge in [-0.15, -0.1) is 0 Å². The van der Waals surface area contributed by atoms with Gasteiger partial charge in [-0.1, -0.05) is 0 Å². The Kier molecular flexibility index (Phi) is 4.94. The summed E-state index contributed by atoms with van der Waals surface area (Å²) in [6.45, 7) is 6.92. The van der Waals surface area contributed by atoms with E-state index in [1.807, 2.05) is 13.8 Å². The number of hydrogen-bond donors (Lipinski definition) is 0. The van der Waals surface area contributed by atoms with Crippen molar-refractivity contribution in [2.45, 2.75) is 20.8 Å². The van der Waals surface area contributed by atoms with E-state index in [1.165, 1.54) is 12.1 Å². The van der Waals surface area contributed by atoms with E-state index in [0.29, 0.717) is 24.4 Å². The van der Waals surface area contributed by atoms with Crippen LogP contribution in [0, 0.1) is 12.7 Å². The van der Waals surface area contributed by atoms with Crippen LogP contribution in [0.5, 0.6) is 5.75 Å². The molecule has 1 aromatic rings. The first kappa shape index (κ1) is 13.5. The highest BCUT2D eigenvalue weighted by atomic mass is 19.1. The summed E-state index contributed by atoms with van der Waals surface area (Å²) in [5, 5.41) is 0. The molecular formula is C13H18FNO2. The zero-order valence-electron chi connectivity index (χ0n) is 10.5. The number of halogens is 1. The lowest BCUT2D eigenvalue weighted by Gasteiger charge is -2.19. The third-order valence-corrected chi connectivity index (χ3v) is 2.60. The number of carbonyl (C=O) groups excluding carboxylic acids is 1. The predicted octanol–water partition coefficient (Wildman–Crippen LogP) is 2.38. The minimum absolute atomic E-state index is 0.00580. The highest BCUT2D eigenvalue weighted by Crippen LogP contribution is 2.18. The molecule has 1 amide bonds. The van der Waals surface area contributed by atoms with Crippen molar-refractivity contribution in [1.29, 1.82) is 0 Å². The van der Waals surface area contributed by atoms with E-state index >= 15 is 0 Å². The van der Waals surface area contributed by atoms with Crippen molar-refractivity contribution < 1.29 is 13.9 Å². The second-order valence-electron chi connectivity index (χ2n) is 3.76. The fourth-order valence-electron chi connectivity index (χ4n) is 1.58. The smallest absolute Gasteiger partial charge is 0.260 e. The van der Waals surface area contributed by atoms with Gasteiger partial charge in [0.05, 0.1) is 0 Å². The van der Waals surface area contributed by atoms with Crippen molar-refractivity contribution in [2.75, 3.05) is 19.7 Å². The molecule has 0 heterocycles. The Balaban J connectivity index is 2.58. The monoisotopic (exact) mass is 239 g/mol. The highest BCUT2D eigenvalue weighted by molar-refractivity contribution is 5.77. The normalized spacial score (nSPS) is 10.1. The Morgan fingerprint density at radius 1 is 1.35 bits per heavy atom. The van der Waals surface area contributed by atoms with Gasteiger partial charge in [0, 0.05) is 13.1 Å². The average molecular weight is 239 g/mol. The molecule has 0 spiro atoms. The number of aryl methyl sites for hydroxylation is 1. The standard InChI is InChI=1S/C13H18FNO2/c1-4-15(5-2)13(16)9-17-12-7-6-11(14)8-10(12)3/h6-8H,4-5,9H2,1-3H3. The number of benzene rings is 1. The summed E-state index contributed by atoms with van der Waals surface area (Å²) in [7, 11) is 0. The molecule has 0 radical (unpaired) electrons. The van der Waals surface area contributed by atoms with Crippen LogP contribution in [0.1, 0.15) is 19.4 Å². The molecule has 0 bridgehead atoms. The first-order valence-corrected chi connectivity index (χ1v) is 5.75. The zero-order valence-corrected chi connectivity index (χ0v) is 10.5. The molecule has 3 nitrogen and oxygen atoms in total. The molecule has 1 aromatic carbocycles. The van der Waals surface area contributed by atoms with Gasteiger partial charge in [0.2, 0.25) is 0 Å². The van der Waals surface area contributed by atoms with Gasteiger partial charge in [0.25, 0.3) is 5.91 Å². The Bertz CT molecular complexity index is 389. The number of nitrogens with zero attached hydrogens (tertiary/aromatic N) is 1. The van der Waals surface area contributed by atoms with Crippen LogP contribution in [0.25, 0.3) is 0 Å².